The minimum absolute atomic E-state index is 0.00919. The number of aryl methyl sites for hydroxylation is 1. The fourth-order valence-electron chi connectivity index (χ4n) is 1.86. The summed E-state index contributed by atoms with van der Waals surface area (Å²) in [6.45, 7) is 2.84. The van der Waals surface area contributed by atoms with Gasteiger partial charge in [-0.1, -0.05) is 0 Å². The van der Waals surface area contributed by atoms with Crippen LogP contribution in [0.4, 0.5) is 5.69 Å². The molecule has 20 heavy (non-hydrogen) atoms. The highest BCUT2D eigenvalue weighted by atomic mass is 16.6. The van der Waals surface area contributed by atoms with E-state index >= 15 is 0 Å². The minimum Gasteiger partial charge on any atom is -0.273 e. The van der Waals surface area contributed by atoms with Crippen LogP contribution in [0.15, 0.2) is 0 Å². The van der Waals surface area contributed by atoms with Gasteiger partial charge in [0.25, 0.3) is 5.91 Å². The molecule has 1 aliphatic rings. The first-order valence-electron chi connectivity index (χ1n) is 6.17. The van der Waals surface area contributed by atoms with Crippen LogP contribution in [0, 0.1) is 29.9 Å². The number of hydrogen-bond donors (Lipinski definition) is 2. The van der Waals surface area contributed by atoms with Gasteiger partial charge in [0, 0.05) is 5.92 Å². The summed E-state index contributed by atoms with van der Waals surface area (Å²) in [6, 6.07) is 0. The van der Waals surface area contributed by atoms with Crippen molar-refractivity contribution in [1.82, 2.24) is 20.6 Å². The zero-order valence-electron chi connectivity index (χ0n) is 11.2. The lowest BCUT2D eigenvalue weighted by Crippen LogP contribution is -2.44. The lowest BCUT2D eigenvalue weighted by molar-refractivity contribution is -0.386. The maximum absolute atomic E-state index is 11.6. The van der Waals surface area contributed by atoms with Gasteiger partial charge in [0.05, 0.1) is 4.92 Å². The van der Waals surface area contributed by atoms with Gasteiger partial charge in [-0.25, -0.2) is 0 Å². The Bertz CT molecular complexity index is 576. The second-order valence-electron chi connectivity index (χ2n) is 4.75. The Labute approximate surface area is 114 Å². The van der Waals surface area contributed by atoms with Crippen molar-refractivity contribution in [2.45, 2.75) is 33.2 Å². The molecule has 0 atom stereocenters. The molecule has 1 saturated carbocycles. The summed E-state index contributed by atoms with van der Waals surface area (Å²) in [5, 5.41) is 14.8. The molecule has 1 aromatic heterocycles. The lowest BCUT2D eigenvalue weighted by Gasteiger charge is -2.07. The van der Waals surface area contributed by atoms with Gasteiger partial charge >= 0.3 is 5.69 Å². The highest BCUT2D eigenvalue weighted by Crippen LogP contribution is 2.28. The topological polar surface area (TPSA) is 119 Å². The molecule has 0 bridgehead atoms. The molecule has 0 unspecified atom stereocenters. The summed E-state index contributed by atoms with van der Waals surface area (Å²) >= 11 is 0. The molecular formula is C11H15N5O4. The van der Waals surface area contributed by atoms with Crippen LogP contribution in [0.1, 0.15) is 24.2 Å². The van der Waals surface area contributed by atoms with Crippen LogP contribution in [0.5, 0.6) is 0 Å². The van der Waals surface area contributed by atoms with E-state index in [-0.39, 0.29) is 29.8 Å². The Morgan fingerprint density at radius 1 is 1.40 bits per heavy atom. The third-order valence-electron chi connectivity index (χ3n) is 3.09. The maximum atomic E-state index is 11.6. The number of amides is 2. The molecule has 1 heterocycles. The molecule has 1 fully saturated rings. The molecule has 0 saturated heterocycles. The zero-order valence-corrected chi connectivity index (χ0v) is 11.2. The monoisotopic (exact) mass is 281 g/mol. The van der Waals surface area contributed by atoms with E-state index in [1.165, 1.54) is 18.5 Å². The number of rotatable bonds is 4. The first-order valence-corrected chi connectivity index (χ1v) is 6.17. The number of hydrazine groups is 1. The Balaban J connectivity index is 1.95. The third kappa shape index (κ3) is 2.92. The van der Waals surface area contributed by atoms with Gasteiger partial charge in [0.2, 0.25) is 5.91 Å². The molecule has 2 amide bonds. The standard InChI is InChI=1S/C11H15N5O4/c1-6-10(16(19)20)7(2)15(14-6)5-9(17)12-13-11(18)8-3-4-8/h8H,3-5H2,1-2H3,(H,12,17)(H,13,18). The molecule has 0 aromatic carbocycles. The van der Waals surface area contributed by atoms with E-state index in [1.807, 2.05) is 0 Å². The van der Waals surface area contributed by atoms with E-state index in [1.54, 1.807) is 0 Å². The predicted octanol–water partition coefficient (Wildman–Crippen LogP) is -0.0345. The van der Waals surface area contributed by atoms with Gasteiger partial charge in [0.15, 0.2) is 0 Å². The van der Waals surface area contributed by atoms with Crippen molar-refractivity contribution in [2.24, 2.45) is 5.92 Å². The van der Waals surface area contributed by atoms with Crippen molar-refractivity contribution in [1.29, 1.82) is 0 Å². The van der Waals surface area contributed by atoms with Crippen molar-refractivity contribution in [3.05, 3.63) is 21.5 Å². The SMILES string of the molecule is Cc1nn(CC(=O)NNC(=O)C2CC2)c(C)c1[N+](=O)[O-]. The van der Waals surface area contributed by atoms with E-state index in [0.29, 0.717) is 5.69 Å². The molecule has 108 valence electrons. The molecule has 0 spiro atoms. The minimum atomic E-state index is -0.527. The average molecular weight is 281 g/mol. The van der Waals surface area contributed by atoms with Crippen molar-refractivity contribution >= 4 is 17.5 Å². The van der Waals surface area contributed by atoms with Crippen LogP contribution >= 0.6 is 0 Å². The van der Waals surface area contributed by atoms with E-state index in [9.17, 15) is 19.7 Å². The van der Waals surface area contributed by atoms with Crippen molar-refractivity contribution in [3.8, 4) is 0 Å². The largest absolute Gasteiger partial charge is 0.312 e. The molecule has 1 aromatic rings. The van der Waals surface area contributed by atoms with E-state index in [0.717, 1.165) is 12.8 Å². The van der Waals surface area contributed by atoms with Crippen LogP contribution in [-0.2, 0) is 16.1 Å². The Morgan fingerprint density at radius 3 is 2.55 bits per heavy atom. The first kappa shape index (κ1) is 14.0. The number of aromatic nitrogens is 2. The smallest absolute Gasteiger partial charge is 0.273 e. The summed E-state index contributed by atoms with van der Waals surface area (Å²) < 4.78 is 1.24. The Kier molecular flexibility index (Phi) is 3.68. The predicted molar refractivity (Wildman–Crippen MR) is 67.4 cm³/mol. The van der Waals surface area contributed by atoms with Gasteiger partial charge in [-0.3, -0.25) is 35.2 Å². The molecule has 0 radical (unpaired) electrons. The van der Waals surface area contributed by atoms with Crippen molar-refractivity contribution in [3.63, 3.8) is 0 Å². The highest BCUT2D eigenvalue weighted by Gasteiger charge is 2.30. The van der Waals surface area contributed by atoms with Crippen LogP contribution in [0.2, 0.25) is 0 Å². The zero-order chi connectivity index (χ0) is 14.9. The van der Waals surface area contributed by atoms with Gasteiger partial charge in [-0.05, 0) is 26.7 Å². The Hall–Kier alpha value is -2.45. The molecule has 1 aliphatic carbocycles. The number of carbonyl (C=O) groups excluding carboxylic acids is 2. The number of nitrogens with zero attached hydrogens (tertiary/aromatic N) is 3. The molecule has 2 N–H and O–H groups in total. The fourth-order valence-corrected chi connectivity index (χ4v) is 1.86. The number of hydrogen-bond acceptors (Lipinski definition) is 5. The van der Waals surface area contributed by atoms with E-state index in [2.05, 4.69) is 16.0 Å². The molecule has 9 nitrogen and oxygen atoms in total. The van der Waals surface area contributed by atoms with Crippen molar-refractivity contribution < 1.29 is 14.5 Å². The second-order valence-corrected chi connectivity index (χ2v) is 4.75. The summed E-state index contributed by atoms with van der Waals surface area (Å²) in [7, 11) is 0. The fraction of sp³-hybridized carbons (Fsp3) is 0.545. The highest BCUT2D eigenvalue weighted by molar-refractivity contribution is 5.84. The Morgan fingerprint density at radius 2 is 2.05 bits per heavy atom. The van der Waals surface area contributed by atoms with E-state index < -0.39 is 10.8 Å². The first-order chi connectivity index (χ1) is 9.40. The summed E-state index contributed by atoms with van der Waals surface area (Å²) in [4.78, 5) is 33.3. The maximum Gasteiger partial charge on any atom is 0.312 e. The average Bonchev–Trinajstić information content (AvgIpc) is 3.15. The summed E-state index contributed by atoms with van der Waals surface area (Å²) in [5.41, 5.74) is 5.04. The lowest BCUT2D eigenvalue weighted by atomic mass is 10.3. The second kappa shape index (κ2) is 5.27. The van der Waals surface area contributed by atoms with Crippen LogP contribution in [0.3, 0.4) is 0 Å². The number of nitrogens with one attached hydrogen (secondary N) is 2. The molecular weight excluding hydrogens is 266 g/mol. The van der Waals surface area contributed by atoms with Crippen LogP contribution in [-0.4, -0.2) is 26.5 Å². The third-order valence-corrected chi connectivity index (χ3v) is 3.09. The van der Waals surface area contributed by atoms with Gasteiger partial charge < -0.3 is 0 Å². The molecule has 9 heteroatoms. The molecule has 0 aliphatic heterocycles. The van der Waals surface area contributed by atoms with Crippen LogP contribution in [0.25, 0.3) is 0 Å². The van der Waals surface area contributed by atoms with Crippen LogP contribution < -0.4 is 10.9 Å². The quantitative estimate of drug-likeness (QED) is 0.593. The number of nitro groups is 1. The van der Waals surface area contributed by atoms with Crippen molar-refractivity contribution in [2.75, 3.05) is 0 Å². The van der Waals surface area contributed by atoms with Gasteiger partial charge in [-0.2, -0.15) is 5.10 Å². The van der Waals surface area contributed by atoms with Gasteiger partial charge in [0.1, 0.15) is 17.9 Å². The normalized spacial score (nSPS) is 13.9. The summed E-state index contributed by atoms with van der Waals surface area (Å²) in [5.74, 6) is -0.706. The number of carbonyl (C=O) groups is 2. The van der Waals surface area contributed by atoms with E-state index in [4.69, 9.17) is 0 Å². The summed E-state index contributed by atoms with van der Waals surface area (Å²) in [6.07, 6.45) is 1.68. The molecule has 2 rings (SSSR count). The van der Waals surface area contributed by atoms with Gasteiger partial charge in [-0.15, -0.1) is 0 Å².